The molecular formula is C37H42ClN7O5. The van der Waals surface area contributed by atoms with Gasteiger partial charge in [0.2, 0.25) is 5.91 Å². The SMILES string of the molecule is COc1cc(-c2cn(C)c(=O)c3cnccc23)cc(Cl)c1C(=O)N1CCC(C2CCN(c3ccc(NC4CCC(O)NC4=O)cn3)CC2)CC1. The Morgan fingerprint density at radius 1 is 0.980 bits per heavy atom. The number of pyridine rings is 3. The fraction of sp³-hybridized carbons (Fsp3) is 0.432. The maximum Gasteiger partial charge on any atom is 0.259 e. The van der Waals surface area contributed by atoms with E-state index in [-0.39, 0.29) is 23.4 Å². The highest BCUT2D eigenvalue weighted by Crippen LogP contribution is 2.38. The Kier molecular flexibility index (Phi) is 9.65. The van der Waals surface area contributed by atoms with Crippen molar-refractivity contribution in [1.29, 1.82) is 0 Å². The van der Waals surface area contributed by atoms with E-state index >= 15 is 0 Å². The molecule has 7 rings (SSSR count). The van der Waals surface area contributed by atoms with E-state index in [0.717, 1.165) is 66.8 Å². The Bertz CT molecular complexity index is 1950. The average Bonchev–Trinajstić information content (AvgIpc) is 3.14. The summed E-state index contributed by atoms with van der Waals surface area (Å²) < 4.78 is 7.25. The highest BCUT2D eigenvalue weighted by atomic mass is 35.5. The van der Waals surface area contributed by atoms with Crippen LogP contribution in [-0.4, -0.2) is 81.9 Å². The van der Waals surface area contributed by atoms with Gasteiger partial charge in [0, 0.05) is 57.4 Å². The van der Waals surface area contributed by atoms with Crippen LogP contribution < -0.4 is 25.8 Å². The summed E-state index contributed by atoms with van der Waals surface area (Å²) in [6, 6.07) is 8.98. The zero-order valence-electron chi connectivity index (χ0n) is 28.3. The van der Waals surface area contributed by atoms with Gasteiger partial charge in [-0.2, -0.15) is 0 Å². The lowest BCUT2D eigenvalue weighted by molar-refractivity contribution is -0.127. The number of rotatable bonds is 7. The number of piperidine rings is 3. The van der Waals surface area contributed by atoms with Gasteiger partial charge in [0.1, 0.15) is 29.4 Å². The van der Waals surface area contributed by atoms with Crippen LogP contribution in [0, 0.1) is 11.8 Å². The van der Waals surface area contributed by atoms with Gasteiger partial charge in [-0.05, 0) is 91.6 Å². The fourth-order valence-electron chi connectivity index (χ4n) is 7.77. The number of halogens is 1. The number of anilines is 2. The highest BCUT2D eigenvalue weighted by Gasteiger charge is 2.33. The molecule has 50 heavy (non-hydrogen) atoms. The van der Waals surface area contributed by atoms with Crippen molar-refractivity contribution in [3.63, 3.8) is 0 Å². The first-order chi connectivity index (χ1) is 24.2. The summed E-state index contributed by atoms with van der Waals surface area (Å²) in [5.41, 5.74) is 2.55. The molecule has 3 saturated heterocycles. The van der Waals surface area contributed by atoms with E-state index in [1.165, 1.54) is 4.57 Å². The highest BCUT2D eigenvalue weighted by molar-refractivity contribution is 6.34. The maximum atomic E-state index is 13.9. The Labute approximate surface area is 295 Å². The molecule has 4 aromatic rings. The Balaban J connectivity index is 0.952. The first-order valence-electron chi connectivity index (χ1n) is 17.3. The molecule has 1 aromatic carbocycles. The molecule has 2 unspecified atom stereocenters. The summed E-state index contributed by atoms with van der Waals surface area (Å²) in [5.74, 6) is 2.14. The second kappa shape index (κ2) is 14.3. The Hall–Kier alpha value is -4.68. The zero-order valence-corrected chi connectivity index (χ0v) is 29.0. The molecular weight excluding hydrogens is 658 g/mol. The van der Waals surface area contributed by atoms with E-state index in [0.29, 0.717) is 59.5 Å². The van der Waals surface area contributed by atoms with E-state index in [2.05, 4.69) is 25.5 Å². The Morgan fingerprint density at radius 2 is 1.72 bits per heavy atom. The molecule has 0 radical (unpaired) electrons. The molecule has 3 aliphatic heterocycles. The molecule has 3 aliphatic rings. The number of ether oxygens (including phenoxy) is 1. The number of benzene rings is 1. The van der Waals surface area contributed by atoms with E-state index in [1.54, 1.807) is 51.1 Å². The number of aryl methyl sites for hydroxylation is 1. The molecule has 262 valence electrons. The quantitative estimate of drug-likeness (QED) is 0.255. The lowest BCUT2D eigenvalue weighted by Crippen LogP contribution is -2.49. The molecule has 0 bridgehead atoms. The lowest BCUT2D eigenvalue weighted by Gasteiger charge is -2.40. The summed E-state index contributed by atoms with van der Waals surface area (Å²) in [6.45, 7) is 3.18. The standard InChI is InChI=1S/C37H42ClN7O5/c1-43-21-28(26-7-12-39-20-27(26)36(43)48)24-17-29(38)34(31(18-24)50-2)37(49)45-15-10-23(11-16-45)22-8-13-44(14-9-22)32-5-3-25(19-40-32)41-30-4-6-33(46)42-35(30)47/h3,5,7,12,17-23,30,33,41,46H,4,6,8-11,13-16H2,1-2H3,(H,42,47). The van der Waals surface area contributed by atoms with Crippen LogP contribution in [0.4, 0.5) is 11.5 Å². The van der Waals surface area contributed by atoms with Crippen molar-refractivity contribution in [2.75, 3.05) is 43.5 Å². The van der Waals surface area contributed by atoms with Crippen molar-refractivity contribution in [2.24, 2.45) is 18.9 Å². The predicted molar refractivity (Wildman–Crippen MR) is 193 cm³/mol. The number of fused-ring (bicyclic) bond motifs is 1. The van der Waals surface area contributed by atoms with Crippen LogP contribution in [0.5, 0.6) is 5.75 Å². The summed E-state index contributed by atoms with van der Waals surface area (Å²) >= 11 is 6.83. The molecule has 0 saturated carbocycles. The monoisotopic (exact) mass is 699 g/mol. The number of amides is 2. The smallest absolute Gasteiger partial charge is 0.259 e. The Morgan fingerprint density at radius 3 is 2.40 bits per heavy atom. The van der Waals surface area contributed by atoms with Crippen LogP contribution in [0.2, 0.25) is 5.02 Å². The van der Waals surface area contributed by atoms with Crippen molar-refractivity contribution < 1.29 is 19.4 Å². The molecule has 0 aliphatic carbocycles. The molecule has 3 N–H and O–H groups in total. The third-order valence-electron chi connectivity index (χ3n) is 10.6. The summed E-state index contributed by atoms with van der Waals surface area (Å²) in [7, 11) is 3.24. The molecule has 3 fully saturated rings. The van der Waals surface area contributed by atoms with Crippen LogP contribution >= 0.6 is 11.6 Å². The lowest BCUT2D eigenvalue weighted by atomic mass is 9.78. The second-order valence-corrected chi connectivity index (χ2v) is 14.0. The molecule has 12 nitrogen and oxygen atoms in total. The number of aromatic nitrogens is 3. The number of hydrogen-bond donors (Lipinski definition) is 3. The van der Waals surface area contributed by atoms with E-state index in [4.69, 9.17) is 16.3 Å². The third kappa shape index (κ3) is 6.74. The predicted octanol–water partition coefficient (Wildman–Crippen LogP) is 4.44. The van der Waals surface area contributed by atoms with Crippen LogP contribution in [0.3, 0.4) is 0 Å². The molecule has 13 heteroatoms. The second-order valence-electron chi connectivity index (χ2n) is 13.6. The van der Waals surface area contributed by atoms with Gasteiger partial charge in [-0.3, -0.25) is 19.4 Å². The summed E-state index contributed by atoms with van der Waals surface area (Å²) in [5, 5.41) is 17.0. The van der Waals surface area contributed by atoms with Gasteiger partial charge in [-0.25, -0.2) is 4.98 Å². The number of nitrogens with zero attached hydrogens (tertiary/aromatic N) is 5. The minimum atomic E-state index is -0.771. The van der Waals surface area contributed by atoms with Gasteiger partial charge in [-0.15, -0.1) is 0 Å². The molecule has 3 aromatic heterocycles. The van der Waals surface area contributed by atoms with E-state index < -0.39 is 6.23 Å². The van der Waals surface area contributed by atoms with Crippen LogP contribution in [0.1, 0.15) is 48.9 Å². The number of likely N-dealkylation sites (tertiary alicyclic amines) is 1. The number of carbonyl (C=O) groups excluding carboxylic acids is 2. The number of carbonyl (C=O) groups is 2. The van der Waals surface area contributed by atoms with E-state index in [9.17, 15) is 19.5 Å². The molecule has 0 spiro atoms. The van der Waals surface area contributed by atoms with Crippen molar-refractivity contribution in [2.45, 2.75) is 50.8 Å². The maximum absolute atomic E-state index is 13.9. The minimum Gasteiger partial charge on any atom is -0.496 e. The molecule has 6 heterocycles. The van der Waals surface area contributed by atoms with Crippen molar-refractivity contribution in [3.05, 3.63) is 76.1 Å². The van der Waals surface area contributed by atoms with Gasteiger partial charge in [0.15, 0.2) is 0 Å². The van der Waals surface area contributed by atoms with Gasteiger partial charge in [-0.1, -0.05) is 11.6 Å². The van der Waals surface area contributed by atoms with Gasteiger partial charge in [0.25, 0.3) is 11.5 Å². The van der Waals surface area contributed by atoms with Crippen LogP contribution in [0.25, 0.3) is 21.9 Å². The number of methoxy groups -OCH3 is 1. The first-order valence-corrected chi connectivity index (χ1v) is 17.6. The van der Waals surface area contributed by atoms with Crippen LogP contribution in [0.15, 0.2) is 59.9 Å². The normalized spacial score (nSPS) is 20.5. The summed E-state index contributed by atoms with van der Waals surface area (Å²) in [4.78, 5) is 51.7. The molecule has 2 atom stereocenters. The first kappa shape index (κ1) is 33.8. The van der Waals surface area contributed by atoms with Crippen molar-refractivity contribution in [3.8, 4) is 16.9 Å². The van der Waals surface area contributed by atoms with Crippen molar-refractivity contribution >= 4 is 45.7 Å². The van der Waals surface area contributed by atoms with Gasteiger partial charge in [0.05, 0.1) is 29.4 Å². The van der Waals surface area contributed by atoms with Crippen molar-refractivity contribution in [1.82, 2.24) is 24.8 Å². The van der Waals surface area contributed by atoms with E-state index in [1.807, 2.05) is 23.1 Å². The number of aliphatic hydroxyl groups is 1. The summed E-state index contributed by atoms with van der Waals surface area (Å²) in [6.07, 6.45) is 11.1. The third-order valence-corrected chi connectivity index (χ3v) is 10.9. The largest absolute Gasteiger partial charge is 0.496 e. The fourth-order valence-corrected chi connectivity index (χ4v) is 8.06. The van der Waals surface area contributed by atoms with Crippen LogP contribution in [-0.2, 0) is 11.8 Å². The number of nitrogens with one attached hydrogen (secondary N) is 2. The minimum absolute atomic E-state index is 0.132. The number of aliphatic hydroxyl groups excluding tert-OH is 1. The number of hydrogen-bond acceptors (Lipinski definition) is 9. The topological polar surface area (TPSA) is 142 Å². The van der Waals surface area contributed by atoms with Gasteiger partial charge >= 0.3 is 0 Å². The van der Waals surface area contributed by atoms with Gasteiger partial charge < -0.3 is 34.8 Å². The average molecular weight is 700 g/mol. The zero-order chi connectivity index (χ0) is 34.9. The molecule has 2 amide bonds.